The predicted octanol–water partition coefficient (Wildman–Crippen LogP) is 3.65. The first-order valence-corrected chi connectivity index (χ1v) is 9.27. The number of para-hydroxylation sites is 1. The highest BCUT2D eigenvalue weighted by atomic mass is 19.1. The van der Waals surface area contributed by atoms with Gasteiger partial charge in [-0.3, -0.25) is 4.79 Å². The van der Waals surface area contributed by atoms with Crippen LogP contribution in [0.1, 0.15) is 18.5 Å². The summed E-state index contributed by atoms with van der Waals surface area (Å²) in [6.45, 7) is 2.93. The molecule has 28 heavy (non-hydrogen) atoms. The van der Waals surface area contributed by atoms with Crippen LogP contribution in [0.5, 0.6) is 0 Å². The van der Waals surface area contributed by atoms with Crippen molar-refractivity contribution in [2.24, 2.45) is 11.8 Å². The standard InChI is InChI=1S/C21H21F2N3O2/c1-13(27)26-11-15-10-25(21(28)24-19-8-3-2-7-18(19)23)12-17(15)20(26)14-5-4-6-16(22)9-14/h2-9,15,17,20H,10-12H2,1H3,(H,24,28)/t15-,17-,20+/m1/s1. The summed E-state index contributed by atoms with van der Waals surface area (Å²) in [5, 5.41) is 2.61. The SMILES string of the molecule is CC(=O)N1C[C@H]2CN(C(=O)Nc3ccccc3F)C[C@H]2[C@@H]1c1cccc(F)c1. The average molecular weight is 385 g/mol. The van der Waals surface area contributed by atoms with E-state index in [4.69, 9.17) is 0 Å². The minimum Gasteiger partial charge on any atom is -0.335 e. The Kier molecular flexibility index (Phi) is 4.75. The van der Waals surface area contributed by atoms with E-state index in [1.807, 2.05) is 6.07 Å². The van der Waals surface area contributed by atoms with Crippen LogP contribution in [0.2, 0.25) is 0 Å². The number of urea groups is 1. The maximum atomic E-state index is 13.8. The lowest BCUT2D eigenvalue weighted by Crippen LogP contribution is -2.38. The van der Waals surface area contributed by atoms with E-state index >= 15 is 0 Å². The molecule has 4 rings (SSSR count). The molecular weight excluding hydrogens is 364 g/mol. The molecule has 0 saturated carbocycles. The summed E-state index contributed by atoms with van der Waals surface area (Å²) < 4.78 is 27.6. The van der Waals surface area contributed by atoms with Crippen LogP contribution in [0, 0.1) is 23.5 Å². The zero-order valence-electron chi connectivity index (χ0n) is 15.4. The van der Waals surface area contributed by atoms with Gasteiger partial charge in [-0.25, -0.2) is 13.6 Å². The Morgan fingerprint density at radius 1 is 1.04 bits per heavy atom. The molecule has 2 saturated heterocycles. The number of likely N-dealkylation sites (tertiary alicyclic amines) is 2. The van der Waals surface area contributed by atoms with Crippen LogP contribution in [-0.4, -0.2) is 41.4 Å². The second kappa shape index (κ2) is 7.22. The summed E-state index contributed by atoms with van der Waals surface area (Å²) >= 11 is 0. The molecule has 0 radical (unpaired) electrons. The number of rotatable bonds is 2. The van der Waals surface area contributed by atoms with Gasteiger partial charge < -0.3 is 15.1 Å². The van der Waals surface area contributed by atoms with Crippen molar-refractivity contribution in [3.8, 4) is 0 Å². The normalized spacial score (nSPS) is 23.6. The van der Waals surface area contributed by atoms with Crippen molar-refractivity contribution in [1.82, 2.24) is 9.80 Å². The summed E-state index contributed by atoms with van der Waals surface area (Å²) in [4.78, 5) is 28.2. The highest BCUT2D eigenvalue weighted by Gasteiger charge is 2.49. The minimum absolute atomic E-state index is 0.0112. The molecule has 0 aliphatic carbocycles. The molecular formula is C21H21F2N3O2. The van der Waals surface area contributed by atoms with Crippen LogP contribution >= 0.6 is 0 Å². The molecule has 0 unspecified atom stereocenters. The molecule has 5 nitrogen and oxygen atoms in total. The molecule has 2 aliphatic heterocycles. The van der Waals surface area contributed by atoms with Crippen LogP contribution in [0.3, 0.4) is 0 Å². The smallest absolute Gasteiger partial charge is 0.321 e. The van der Waals surface area contributed by atoms with Crippen molar-refractivity contribution in [1.29, 1.82) is 0 Å². The van der Waals surface area contributed by atoms with E-state index in [0.29, 0.717) is 19.6 Å². The fourth-order valence-corrected chi connectivity index (χ4v) is 4.41. The molecule has 2 aromatic rings. The number of halogens is 2. The average Bonchev–Trinajstić information content (AvgIpc) is 3.21. The summed E-state index contributed by atoms with van der Waals surface area (Å²) in [7, 11) is 0. The molecule has 2 fully saturated rings. The molecule has 2 aliphatic rings. The third kappa shape index (κ3) is 3.32. The van der Waals surface area contributed by atoms with Crippen molar-refractivity contribution in [2.45, 2.75) is 13.0 Å². The number of nitrogens with zero attached hydrogens (tertiary/aromatic N) is 2. The fourth-order valence-electron chi connectivity index (χ4n) is 4.41. The van der Waals surface area contributed by atoms with Gasteiger partial charge in [0.15, 0.2) is 0 Å². The predicted molar refractivity (Wildman–Crippen MR) is 100 cm³/mol. The van der Waals surface area contributed by atoms with Gasteiger partial charge in [0.05, 0.1) is 11.7 Å². The summed E-state index contributed by atoms with van der Waals surface area (Å²) in [6, 6.07) is 11.6. The van der Waals surface area contributed by atoms with Gasteiger partial charge in [-0.2, -0.15) is 0 Å². The molecule has 0 spiro atoms. The first-order valence-electron chi connectivity index (χ1n) is 9.27. The monoisotopic (exact) mass is 385 g/mol. The van der Waals surface area contributed by atoms with E-state index in [0.717, 1.165) is 5.56 Å². The Morgan fingerprint density at radius 2 is 1.82 bits per heavy atom. The highest BCUT2D eigenvalue weighted by molar-refractivity contribution is 5.89. The van der Waals surface area contributed by atoms with Gasteiger partial charge in [-0.1, -0.05) is 24.3 Å². The third-order valence-electron chi connectivity index (χ3n) is 5.66. The number of nitrogens with one attached hydrogen (secondary N) is 1. The number of hydrogen-bond donors (Lipinski definition) is 1. The van der Waals surface area contributed by atoms with Gasteiger partial charge in [0.25, 0.3) is 0 Å². The number of carbonyl (C=O) groups is 2. The Balaban J connectivity index is 1.54. The fraction of sp³-hybridized carbons (Fsp3) is 0.333. The van der Waals surface area contributed by atoms with Crippen molar-refractivity contribution in [3.05, 3.63) is 65.7 Å². The maximum Gasteiger partial charge on any atom is 0.321 e. The Labute approximate surface area is 161 Å². The van der Waals surface area contributed by atoms with Crippen LogP contribution in [-0.2, 0) is 4.79 Å². The van der Waals surface area contributed by atoms with Gasteiger partial charge >= 0.3 is 6.03 Å². The lowest BCUT2D eigenvalue weighted by Gasteiger charge is -2.29. The van der Waals surface area contributed by atoms with Gasteiger partial charge in [0.1, 0.15) is 11.6 Å². The van der Waals surface area contributed by atoms with Crippen LogP contribution in [0.15, 0.2) is 48.5 Å². The third-order valence-corrected chi connectivity index (χ3v) is 5.66. The molecule has 2 aromatic carbocycles. The van der Waals surface area contributed by atoms with Gasteiger partial charge in [0.2, 0.25) is 5.91 Å². The lowest BCUT2D eigenvalue weighted by molar-refractivity contribution is -0.130. The molecule has 0 aromatic heterocycles. The largest absolute Gasteiger partial charge is 0.335 e. The van der Waals surface area contributed by atoms with E-state index in [2.05, 4.69) is 5.32 Å². The number of amides is 3. The summed E-state index contributed by atoms with van der Waals surface area (Å²) in [6.07, 6.45) is 0. The molecule has 146 valence electrons. The van der Waals surface area contributed by atoms with E-state index < -0.39 is 5.82 Å². The van der Waals surface area contributed by atoms with Crippen LogP contribution < -0.4 is 5.32 Å². The Bertz CT molecular complexity index is 920. The van der Waals surface area contributed by atoms with Crippen molar-refractivity contribution >= 4 is 17.6 Å². The number of fused-ring (bicyclic) bond motifs is 1. The quantitative estimate of drug-likeness (QED) is 0.858. The Hall–Kier alpha value is -2.96. The molecule has 7 heteroatoms. The second-order valence-electron chi connectivity index (χ2n) is 7.41. The zero-order valence-corrected chi connectivity index (χ0v) is 15.4. The molecule has 3 atom stereocenters. The second-order valence-corrected chi connectivity index (χ2v) is 7.41. The van der Waals surface area contributed by atoms with Crippen molar-refractivity contribution in [2.75, 3.05) is 25.0 Å². The Morgan fingerprint density at radius 3 is 2.54 bits per heavy atom. The van der Waals surface area contributed by atoms with Gasteiger partial charge in [-0.15, -0.1) is 0 Å². The maximum absolute atomic E-state index is 13.8. The molecule has 0 bridgehead atoms. The minimum atomic E-state index is -0.490. The lowest BCUT2D eigenvalue weighted by atomic mass is 9.89. The van der Waals surface area contributed by atoms with Crippen LogP contribution in [0.4, 0.5) is 19.3 Å². The number of hydrogen-bond acceptors (Lipinski definition) is 2. The molecule has 1 N–H and O–H groups in total. The van der Waals surface area contributed by atoms with E-state index in [9.17, 15) is 18.4 Å². The van der Waals surface area contributed by atoms with E-state index in [-0.39, 0.29) is 41.3 Å². The topological polar surface area (TPSA) is 52.7 Å². The van der Waals surface area contributed by atoms with E-state index in [1.165, 1.54) is 31.2 Å². The van der Waals surface area contributed by atoms with Crippen molar-refractivity contribution < 1.29 is 18.4 Å². The van der Waals surface area contributed by atoms with E-state index in [1.54, 1.807) is 28.0 Å². The van der Waals surface area contributed by atoms with Gasteiger partial charge in [0, 0.05) is 38.4 Å². The summed E-state index contributed by atoms with van der Waals surface area (Å²) in [5.74, 6) is -0.793. The van der Waals surface area contributed by atoms with Gasteiger partial charge in [-0.05, 0) is 29.8 Å². The van der Waals surface area contributed by atoms with Crippen molar-refractivity contribution in [3.63, 3.8) is 0 Å². The highest BCUT2D eigenvalue weighted by Crippen LogP contribution is 2.45. The molecule has 3 amide bonds. The molecule has 2 heterocycles. The zero-order chi connectivity index (χ0) is 19.8. The van der Waals surface area contributed by atoms with Crippen LogP contribution in [0.25, 0.3) is 0 Å². The summed E-state index contributed by atoms with van der Waals surface area (Å²) in [5.41, 5.74) is 0.871. The number of carbonyl (C=O) groups excluding carboxylic acids is 2. The first-order chi connectivity index (χ1) is 13.4. The first kappa shape index (κ1) is 18.4. The number of benzene rings is 2. The number of anilines is 1.